The molecular weight excluding hydrogens is 246 g/mol. The highest BCUT2D eigenvalue weighted by molar-refractivity contribution is 5.95. The molecule has 0 aliphatic carbocycles. The first-order valence-electron chi connectivity index (χ1n) is 6.09. The van der Waals surface area contributed by atoms with E-state index in [9.17, 15) is 9.59 Å². The monoisotopic (exact) mass is 265 g/mol. The molecule has 0 saturated heterocycles. The van der Waals surface area contributed by atoms with Gasteiger partial charge in [0.2, 0.25) is 11.8 Å². The predicted octanol–water partition coefficient (Wildman–Crippen LogP) is 0.487. The second kappa shape index (κ2) is 7.38. The van der Waals surface area contributed by atoms with Crippen LogP contribution < -0.4 is 21.1 Å². The number of hydrogen-bond donors (Lipinski definition) is 3. The number of anilines is 1. The zero-order valence-corrected chi connectivity index (χ0v) is 11.1. The van der Waals surface area contributed by atoms with Crippen molar-refractivity contribution in [3.63, 3.8) is 0 Å². The van der Waals surface area contributed by atoms with Gasteiger partial charge in [-0.05, 0) is 38.1 Å². The van der Waals surface area contributed by atoms with E-state index < -0.39 is 6.04 Å². The Balaban J connectivity index is 2.42. The number of carbonyl (C=O) groups is 2. The molecular formula is C13H19N3O3. The Morgan fingerprint density at radius 2 is 1.95 bits per heavy atom. The summed E-state index contributed by atoms with van der Waals surface area (Å²) in [5.74, 6) is 0.0748. The maximum Gasteiger partial charge on any atom is 0.243 e. The van der Waals surface area contributed by atoms with E-state index in [0.717, 1.165) is 5.75 Å². The minimum atomic E-state index is -0.627. The van der Waals surface area contributed by atoms with E-state index in [1.54, 1.807) is 31.2 Å². The lowest BCUT2D eigenvalue weighted by Crippen LogP contribution is -2.41. The van der Waals surface area contributed by atoms with E-state index in [0.29, 0.717) is 12.3 Å². The number of nitrogens with one attached hydrogen (secondary N) is 2. The second-order valence-electron chi connectivity index (χ2n) is 4.01. The maximum atomic E-state index is 11.6. The number of benzene rings is 1. The third-order valence-corrected chi connectivity index (χ3v) is 2.29. The summed E-state index contributed by atoms with van der Waals surface area (Å²) >= 11 is 0. The smallest absolute Gasteiger partial charge is 0.243 e. The first-order chi connectivity index (χ1) is 9.02. The number of rotatable bonds is 6. The lowest BCUT2D eigenvalue weighted by Gasteiger charge is -2.09. The average molecular weight is 265 g/mol. The lowest BCUT2D eigenvalue weighted by molar-refractivity contribution is -0.124. The average Bonchev–Trinajstić information content (AvgIpc) is 2.38. The van der Waals surface area contributed by atoms with Crippen molar-refractivity contribution in [1.29, 1.82) is 0 Å². The van der Waals surface area contributed by atoms with Crippen LogP contribution in [-0.4, -0.2) is 31.0 Å². The quantitative estimate of drug-likeness (QED) is 0.697. The standard InChI is InChI=1S/C13H19N3O3/c1-3-19-11-6-4-10(5-7-11)16-12(17)8-15-13(18)9(2)14/h4-7,9H,3,8,14H2,1-2H3,(H,15,18)(H,16,17)/t9-/m0/s1. The molecule has 0 bridgehead atoms. The van der Waals surface area contributed by atoms with Gasteiger partial charge in [-0.3, -0.25) is 9.59 Å². The molecule has 6 nitrogen and oxygen atoms in total. The summed E-state index contributed by atoms with van der Waals surface area (Å²) in [4.78, 5) is 22.7. The molecule has 1 aromatic rings. The molecule has 0 aliphatic heterocycles. The summed E-state index contributed by atoms with van der Waals surface area (Å²) < 4.78 is 5.29. The van der Waals surface area contributed by atoms with Crippen molar-refractivity contribution in [3.8, 4) is 5.75 Å². The maximum absolute atomic E-state index is 11.6. The largest absolute Gasteiger partial charge is 0.494 e. The van der Waals surface area contributed by atoms with Crippen LogP contribution in [0.1, 0.15) is 13.8 Å². The fourth-order valence-corrected chi connectivity index (χ4v) is 1.33. The van der Waals surface area contributed by atoms with Crippen molar-refractivity contribution >= 4 is 17.5 Å². The summed E-state index contributed by atoms with van der Waals surface area (Å²) in [5, 5.41) is 5.09. The van der Waals surface area contributed by atoms with E-state index >= 15 is 0 Å². The Hall–Kier alpha value is -2.08. The molecule has 0 spiro atoms. The van der Waals surface area contributed by atoms with Crippen molar-refractivity contribution < 1.29 is 14.3 Å². The van der Waals surface area contributed by atoms with E-state index in [-0.39, 0.29) is 18.4 Å². The Kier molecular flexibility index (Phi) is 5.81. The van der Waals surface area contributed by atoms with Gasteiger partial charge in [0, 0.05) is 5.69 Å². The first kappa shape index (κ1) is 15.0. The fraction of sp³-hybridized carbons (Fsp3) is 0.385. The molecule has 0 saturated carbocycles. The number of carbonyl (C=O) groups excluding carboxylic acids is 2. The van der Waals surface area contributed by atoms with Gasteiger partial charge in [0.05, 0.1) is 19.2 Å². The lowest BCUT2D eigenvalue weighted by atomic mass is 10.3. The van der Waals surface area contributed by atoms with Gasteiger partial charge in [0.25, 0.3) is 0 Å². The minimum absolute atomic E-state index is 0.104. The molecule has 1 atom stereocenters. The van der Waals surface area contributed by atoms with Gasteiger partial charge in [-0.15, -0.1) is 0 Å². The molecule has 0 heterocycles. The predicted molar refractivity (Wildman–Crippen MR) is 72.9 cm³/mol. The molecule has 1 rings (SSSR count). The van der Waals surface area contributed by atoms with Crippen LogP contribution in [0.3, 0.4) is 0 Å². The third-order valence-electron chi connectivity index (χ3n) is 2.29. The van der Waals surface area contributed by atoms with Crippen LogP contribution in [0.15, 0.2) is 24.3 Å². The fourth-order valence-electron chi connectivity index (χ4n) is 1.33. The van der Waals surface area contributed by atoms with Crippen LogP contribution in [0.25, 0.3) is 0 Å². The van der Waals surface area contributed by atoms with Crippen LogP contribution in [0.4, 0.5) is 5.69 Å². The summed E-state index contributed by atoms with van der Waals surface area (Å²) in [6.07, 6.45) is 0. The van der Waals surface area contributed by atoms with Gasteiger partial charge in [-0.25, -0.2) is 0 Å². The van der Waals surface area contributed by atoms with Gasteiger partial charge in [0.15, 0.2) is 0 Å². The number of hydrogen-bond acceptors (Lipinski definition) is 4. The summed E-state index contributed by atoms with van der Waals surface area (Å²) in [5.41, 5.74) is 6.00. The molecule has 19 heavy (non-hydrogen) atoms. The first-order valence-corrected chi connectivity index (χ1v) is 6.09. The Morgan fingerprint density at radius 3 is 2.47 bits per heavy atom. The topological polar surface area (TPSA) is 93.5 Å². The van der Waals surface area contributed by atoms with E-state index in [1.165, 1.54) is 0 Å². The Bertz CT molecular complexity index is 429. The van der Waals surface area contributed by atoms with Crippen molar-refractivity contribution in [2.24, 2.45) is 5.73 Å². The van der Waals surface area contributed by atoms with Crippen molar-refractivity contribution in [3.05, 3.63) is 24.3 Å². The molecule has 2 amide bonds. The van der Waals surface area contributed by atoms with Crippen LogP contribution in [-0.2, 0) is 9.59 Å². The van der Waals surface area contributed by atoms with Gasteiger partial charge in [-0.2, -0.15) is 0 Å². The van der Waals surface area contributed by atoms with Crippen LogP contribution in [0.2, 0.25) is 0 Å². The van der Waals surface area contributed by atoms with E-state index in [2.05, 4.69) is 10.6 Å². The molecule has 0 aliphatic rings. The van der Waals surface area contributed by atoms with E-state index in [1.807, 2.05) is 6.92 Å². The Labute approximate surface area is 112 Å². The molecule has 0 aromatic heterocycles. The third kappa shape index (κ3) is 5.39. The summed E-state index contributed by atoms with van der Waals surface area (Å²) in [6, 6.07) is 6.37. The number of nitrogens with two attached hydrogens (primary N) is 1. The van der Waals surface area contributed by atoms with Crippen molar-refractivity contribution in [2.45, 2.75) is 19.9 Å². The van der Waals surface area contributed by atoms with Gasteiger partial charge in [-0.1, -0.05) is 0 Å². The van der Waals surface area contributed by atoms with Crippen molar-refractivity contribution in [1.82, 2.24) is 5.32 Å². The Morgan fingerprint density at radius 1 is 1.32 bits per heavy atom. The highest BCUT2D eigenvalue weighted by Crippen LogP contribution is 2.15. The molecule has 6 heteroatoms. The minimum Gasteiger partial charge on any atom is -0.494 e. The molecule has 0 fully saturated rings. The highest BCUT2D eigenvalue weighted by Gasteiger charge is 2.09. The number of ether oxygens (including phenoxy) is 1. The molecule has 104 valence electrons. The van der Waals surface area contributed by atoms with Gasteiger partial charge < -0.3 is 21.1 Å². The van der Waals surface area contributed by atoms with Gasteiger partial charge in [0.1, 0.15) is 5.75 Å². The van der Waals surface area contributed by atoms with Gasteiger partial charge >= 0.3 is 0 Å². The zero-order chi connectivity index (χ0) is 14.3. The normalized spacial score (nSPS) is 11.5. The second-order valence-corrected chi connectivity index (χ2v) is 4.01. The SMILES string of the molecule is CCOc1ccc(NC(=O)CNC(=O)[C@H](C)N)cc1. The molecule has 0 unspecified atom stereocenters. The molecule has 4 N–H and O–H groups in total. The zero-order valence-electron chi connectivity index (χ0n) is 11.1. The van der Waals surface area contributed by atoms with Crippen LogP contribution in [0, 0.1) is 0 Å². The summed E-state index contributed by atoms with van der Waals surface area (Å²) in [7, 11) is 0. The van der Waals surface area contributed by atoms with Crippen LogP contribution >= 0.6 is 0 Å². The highest BCUT2D eigenvalue weighted by atomic mass is 16.5. The summed E-state index contributed by atoms with van der Waals surface area (Å²) in [6.45, 7) is 3.94. The number of amides is 2. The van der Waals surface area contributed by atoms with Crippen molar-refractivity contribution in [2.75, 3.05) is 18.5 Å². The molecule has 0 radical (unpaired) electrons. The van der Waals surface area contributed by atoms with E-state index in [4.69, 9.17) is 10.5 Å². The molecule has 1 aromatic carbocycles. The van der Waals surface area contributed by atoms with Crippen LogP contribution in [0.5, 0.6) is 5.75 Å².